The first-order chi connectivity index (χ1) is 11.6. The van der Waals surface area contributed by atoms with Gasteiger partial charge < -0.3 is 4.90 Å². The molecule has 2 atom stereocenters. The van der Waals surface area contributed by atoms with E-state index in [1.807, 2.05) is 31.3 Å². The van der Waals surface area contributed by atoms with Crippen molar-refractivity contribution in [2.45, 2.75) is 32.0 Å². The highest BCUT2D eigenvalue weighted by Gasteiger charge is 2.44. The molecule has 0 amide bonds. The summed E-state index contributed by atoms with van der Waals surface area (Å²) >= 11 is 0. The number of nitro benzene ring substituents is 1. The number of non-ortho nitro benzene ring substituents is 1. The molecule has 2 bridgehead atoms. The van der Waals surface area contributed by atoms with Gasteiger partial charge in [-0.25, -0.2) is 9.97 Å². The molecule has 0 N–H and O–H groups in total. The maximum absolute atomic E-state index is 10.7. The molecule has 1 aromatic carbocycles. The third-order valence-electron chi connectivity index (χ3n) is 4.94. The Hall–Kier alpha value is -2.54. The van der Waals surface area contributed by atoms with Gasteiger partial charge in [0.1, 0.15) is 11.6 Å². The molecule has 5 rings (SSSR count). The molecule has 2 unspecified atom stereocenters. The summed E-state index contributed by atoms with van der Waals surface area (Å²) < 4.78 is 0. The summed E-state index contributed by atoms with van der Waals surface area (Å²) in [4.78, 5) is 23.9. The lowest BCUT2D eigenvalue weighted by atomic mass is 9.87. The van der Waals surface area contributed by atoms with E-state index in [1.165, 1.54) is 6.42 Å². The molecule has 24 heavy (non-hydrogen) atoms. The number of hydrogen-bond acceptors (Lipinski definition) is 6. The molecule has 0 saturated carbocycles. The largest absolute Gasteiger partial charge is 0.353 e. The SMILES string of the molecule is Cc1nccc(N2CC3CC(C2)N3Cc2ccc([N+](=O)[O-])cc2)n1. The summed E-state index contributed by atoms with van der Waals surface area (Å²) in [6.45, 7) is 4.71. The van der Waals surface area contributed by atoms with Crippen molar-refractivity contribution in [1.82, 2.24) is 14.9 Å². The Balaban J connectivity index is 1.41. The summed E-state index contributed by atoms with van der Waals surface area (Å²) in [6.07, 6.45) is 3.03. The van der Waals surface area contributed by atoms with Gasteiger partial charge >= 0.3 is 0 Å². The number of nitrogens with zero attached hydrogens (tertiary/aromatic N) is 5. The van der Waals surface area contributed by atoms with Crippen LogP contribution in [0.2, 0.25) is 0 Å². The molecule has 0 aliphatic carbocycles. The summed E-state index contributed by atoms with van der Waals surface area (Å²) in [5.41, 5.74) is 1.27. The first-order valence-corrected chi connectivity index (χ1v) is 8.14. The van der Waals surface area contributed by atoms with Crippen molar-refractivity contribution >= 4 is 11.5 Å². The second-order valence-corrected chi connectivity index (χ2v) is 6.51. The number of anilines is 1. The summed E-state index contributed by atoms with van der Waals surface area (Å²) in [6, 6.07) is 9.90. The van der Waals surface area contributed by atoms with E-state index in [2.05, 4.69) is 19.8 Å². The highest BCUT2D eigenvalue weighted by molar-refractivity contribution is 5.40. The summed E-state index contributed by atoms with van der Waals surface area (Å²) in [7, 11) is 0. The number of benzene rings is 1. The van der Waals surface area contributed by atoms with E-state index in [1.54, 1.807) is 12.1 Å². The smallest absolute Gasteiger partial charge is 0.269 e. The minimum absolute atomic E-state index is 0.146. The number of aromatic nitrogens is 2. The van der Waals surface area contributed by atoms with E-state index < -0.39 is 0 Å². The summed E-state index contributed by atoms with van der Waals surface area (Å²) in [5, 5.41) is 10.7. The van der Waals surface area contributed by atoms with Crippen LogP contribution < -0.4 is 4.90 Å². The van der Waals surface area contributed by atoms with E-state index in [-0.39, 0.29) is 10.6 Å². The Morgan fingerprint density at radius 2 is 1.92 bits per heavy atom. The molecule has 3 fully saturated rings. The van der Waals surface area contributed by atoms with Crippen LogP contribution >= 0.6 is 0 Å². The molecule has 124 valence electrons. The van der Waals surface area contributed by atoms with Gasteiger partial charge in [-0.15, -0.1) is 0 Å². The zero-order valence-corrected chi connectivity index (χ0v) is 13.5. The van der Waals surface area contributed by atoms with Crippen LogP contribution in [0, 0.1) is 17.0 Å². The van der Waals surface area contributed by atoms with Crippen LogP contribution in [0.3, 0.4) is 0 Å². The van der Waals surface area contributed by atoms with E-state index in [0.29, 0.717) is 12.1 Å². The van der Waals surface area contributed by atoms with Gasteiger partial charge in [-0.05, 0) is 25.0 Å². The minimum Gasteiger partial charge on any atom is -0.353 e. The first-order valence-electron chi connectivity index (χ1n) is 8.14. The molecule has 4 heterocycles. The summed E-state index contributed by atoms with van der Waals surface area (Å²) in [5.74, 6) is 1.81. The Kier molecular flexibility index (Phi) is 3.65. The Morgan fingerprint density at radius 3 is 2.54 bits per heavy atom. The van der Waals surface area contributed by atoms with Crippen molar-refractivity contribution < 1.29 is 4.92 Å². The molecular formula is C17H19N5O2. The number of rotatable bonds is 4. The molecule has 3 aliphatic rings. The number of piperidine rings is 1. The Morgan fingerprint density at radius 1 is 1.21 bits per heavy atom. The molecule has 3 saturated heterocycles. The fourth-order valence-corrected chi connectivity index (χ4v) is 3.69. The maximum atomic E-state index is 10.7. The monoisotopic (exact) mass is 325 g/mol. The van der Waals surface area contributed by atoms with Crippen molar-refractivity contribution in [2.24, 2.45) is 0 Å². The van der Waals surface area contributed by atoms with Crippen LogP contribution in [0.4, 0.5) is 11.5 Å². The second kappa shape index (κ2) is 5.83. The van der Waals surface area contributed by atoms with Gasteiger partial charge in [0.15, 0.2) is 0 Å². The highest BCUT2D eigenvalue weighted by atomic mass is 16.6. The number of fused-ring (bicyclic) bond motifs is 2. The third-order valence-corrected chi connectivity index (χ3v) is 4.94. The number of piperazine rings is 1. The lowest BCUT2D eigenvalue weighted by molar-refractivity contribution is -0.384. The standard InChI is InChI=1S/C17H19N5O2/c1-12-18-7-6-17(19-12)20-10-15-8-16(11-20)21(15)9-13-2-4-14(5-3-13)22(23)24/h2-7,15-16H,8-11H2,1H3. The van der Waals surface area contributed by atoms with Crippen LogP contribution in [-0.2, 0) is 6.54 Å². The highest BCUT2D eigenvalue weighted by Crippen LogP contribution is 2.35. The molecule has 7 nitrogen and oxygen atoms in total. The average molecular weight is 325 g/mol. The van der Waals surface area contributed by atoms with Crippen molar-refractivity contribution in [1.29, 1.82) is 0 Å². The number of nitro groups is 1. The molecule has 7 heteroatoms. The van der Waals surface area contributed by atoms with Crippen molar-refractivity contribution in [2.75, 3.05) is 18.0 Å². The zero-order valence-electron chi connectivity index (χ0n) is 13.5. The fraction of sp³-hybridized carbons (Fsp3) is 0.412. The van der Waals surface area contributed by atoms with Gasteiger partial charge in [-0.3, -0.25) is 15.0 Å². The lowest BCUT2D eigenvalue weighted by Gasteiger charge is -2.56. The lowest BCUT2D eigenvalue weighted by Crippen LogP contribution is -2.68. The quantitative estimate of drug-likeness (QED) is 0.633. The van der Waals surface area contributed by atoms with Gasteiger partial charge in [0.05, 0.1) is 4.92 Å². The molecule has 0 spiro atoms. The first kappa shape index (κ1) is 15.0. The van der Waals surface area contributed by atoms with Gasteiger partial charge in [-0.2, -0.15) is 0 Å². The molecule has 0 radical (unpaired) electrons. The van der Waals surface area contributed by atoms with Gasteiger partial charge in [-0.1, -0.05) is 12.1 Å². The average Bonchev–Trinajstić information content (AvgIpc) is 2.60. The topological polar surface area (TPSA) is 75.4 Å². The molecule has 1 aromatic heterocycles. The van der Waals surface area contributed by atoms with Crippen molar-refractivity contribution in [3.05, 3.63) is 58.0 Å². The van der Waals surface area contributed by atoms with Gasteiger partial charge in [0.25, 0.3) is 5.69 Å². The second-order valence-electron chi connectivity index (χ2n) is 6.51. The normalized spacial score (nSPS) is 23.0. The van der Waals surface area contributed by atoms with Crippen molar-refractivity contribution in [3.63, 3.8) is 0 Å². The van der Waals surface area contributed by atoms with Crippen LogP contribution in [0.15, 0.2) is 36.5 Å². The van der Waals surface area contributed by atoms with Crippen molar-refractivity contribution in [3.8, 4) is 0 Å². The van der Waals surface area contributed by atoms with E-state index >= 15 is 0 Å². The van der Waals surface area contributed by atoms with Crippen LogP contribution in [0.5, 0.6) is 0 Å². The van der Waals surface area contributed by atoms with E-state index in [0.717, 1.165) is 36.8 Å². The Bertz CT molecular complexity index is 752. The number of hydrogen-bond donors (Lipinski definition) is 0. The third kappa shape index (κ3) is 2.71. The maximum Gasteiger partial charge on any atom is 0.269 e. The molecule has 3 aliphatic heterocycles. The molecule has 2 aromatic rings. The Labute approximate surface area is 140 Å². The van der Waals surface area contributed by atoms with Gasteiger partial charge in [0, 0.05) is 50.0 Å². The minimum atomic E-state index is -0.357. The van der Waals surface area contributed by atoms with Crippen LogP contribution in [0.1, 0.15) is 17.8 Å². The molecular weight excluding hydrogens is 306 g/mol. The number of aryl methyl sites for hydroxylation is 1. The predicted molar refractivity (Wildman–Crippen MR) is 89.8 cm³/mol. The van der Waals surface area contributed by atoms with Crippen LogP contribution in [-0.4, -0.2) is 45.0 Å². The van der Waals surface area contributed by atoms with Gasteiger partial charge in [0.2, 0.25) is 0 Å². The predicted octanol–water partition coefficient (Wildman–Crippen LogP) is 2.16. The fourth-order valence-electron chi connectivity index (χ4n) is 3.69. The van der Waals surface area contributed by atoms with Crippen LogP contribution in [0.25, 0.3) is 0 Å². The zero-order chi connectivity index (χ0) is 16.7. The van der Waals surface area contributed by atoms with E-state index in [9.17, 15) is 10.1 Å². The van der Waals surface area contributed by atoms with E-state index in [4.69, 9.17) is 0 Å².